The van der Waals surface area contributed by atoms with Crippen LogP contribution in [0.2, 0.25) is 0 Å². The summed E-state index contributed by atoms with van der Waals surface area (Å²) >= 11 is 0. The van der Waals surface area contributed by atoms with Gasteiger partial charge in [0.1, 0.15) is 0 Å². The predicted molar refractivity (Wildman–Crippen MR) is 117 cm³/mol. The number of nitrogens with one attached hydrogen (secondary N) is 2. The van der Waals surface area contributed by atoms with E-state index in [1.54, 1.807) is 24.3 Å². The van der Waals surface area contributed by atoms with Gasteiger partial charge in [-0.05, 0) is 95.3 Å². The van der Waals surface area contributed by atoms with E-state index in [4.69, 9.17) is 0 Å². The fourth-order valence-corrected chi connectivity index (χ4v) is 3.16. The number of rotatable bonds is 4. The molecule has 2 amide bonds. The monoisotopic (exact) mass is 389 g/mol. The van der Waals surface area contributed by atoms with E-state index in [9.17, 15) is 9.59 Å². The Labute approximate surface area is 171 Å². The van der Waals surface area contributed by atoms with Crippen LogP contribution in [0.4, 0.5) is 5.69 Å². The predicted octanol–water partition coefficient (Wildman–Crippen LogP) is 4.87. The fraction of sp³-hybridized carbons (Fsp3) is 0.250. The quantitative estimate of drug-likeness (QED) is 0.668. The Balaban J connectivity index is 1.68. The number of benzene rings is 2. The number of hydrogen-bond donors (Lipinski definition) is 2. The molecule has 29 heavy (non-hydrogen) atoms. The second-order valence-corrected chi connectivity index (χ2v) is 8.23. The molecule has 3 aromatic rings. The number of nitrogens with zero attached hydrogens (tertiary/aromatic N) is 1. The van der Waals surface area contributed by atoms with E-state index in [0.29, 0.717) is 16.8 Å². The van der Waals surface area contributed by atoms with Crippen LogP contribution in [-0.2, 0) is 0 Å². The Morgan fingerprint density at radius 3 is 1.72 bits per heavy atom. The summed E-state index contributed by atoms with van der Waals surface area (Å²) in [6, 6.07) is 18.5. The largest absolute Gasteiger partial charge is 0.347 e. The lowest BCUT2D eigenvalue weighted by molar-refractivity contribution is 0.0919. The van der Waals surface area contributed by atoms with Gasteiger partial charge in [0.05, 0.1) is 0 Å². The molecule has 0 aliphatic heterocycles. The Morgan fingerprint density at radius 1 is 0.724 bits per heavy atom. The van der Waals surface area contributed by atoms with Gasteiger partial charge in [0, 0.05) is 39.4 Å². The molecule has 0 saturated carbocycles. The van der Waals surface area contributed by atoms with Gasteiger partial charge in [-0.25, -0.2) is 0 Å². The van der Waals surface area contributed by atoms with Crippen LogP contribution >= 0.6 is 0 Å². The van der Waals surface area contributed by atoms with Crippen molar-refractivity contribution in [1.82, 2.24) is 9.88 Å². The molecule has 1 heterocycles. The number of carbonyl (C=O) groups is 2. The minimum absolute atomic E-state index is 0.137. The molecule has 0 aliphatic rings. The van der Waals surface area contributed by atoms with Gasteiger partial charge in [0.2, 0.25) is 0 Å². The second kappa shape index (κ2) is 7.95. The first kappa shape index (κ1) is 20.4. The first-order valence-corrected chi connectivity index (χ1v) is 9.63. The number of anilines is 1. The lowest BCUT2D eigenvalue weighted by Crippen LogP contribution is -2.40. The normalized spacial score (nSPS) is 11.2. The van der Waals surface area contributed by atoms with E-state index in [0.717, 1.165) is 17.1 Å². The molecule has 0 atom stereocenters. The molecule has 5 nitrogen and oxygen atoms in total. The zero-order chi connectivity index (χ0) is 21.2. The van der Waals surface area contributed by atoms with Gasteiger partial charge < -0.3 is 15.2 Å². The summed E-state index contributed by atoms with van der Waals surface area (Å²) in [4.78, 5) is 24.7. The lowest BCUT2D eigenvalue weighted by Gasteiger charge is -2.20. The Hall–Kier alpha value is -3.34. The first-order valence-electron chi connectivity index (χ1n) is 9.63. The van der Waals surface area contributed by atoms with E-state index in [-0.39, 0.29) is 17.4 Å². The summed E-state index contributed by atoms with van der Waals surface area (Å²) in [5, 5.41) is 5.79. The third kappa shape index (κ3) is 4.93. The minimum Gasteiger partial charge on any atom is -0.347 e. The van der Waals surface area contributed by atoms with Crippen LogP contribution in [0.5, 0.6) is 0 Å². The molecular formula is C24H27N3O2. The molecule has 1 aromatic heterocycles. The van der Waals surface area contributed by atoms with Gasteiger partial charge in [-0.3, -0.25) is 9.59 Å². The molecule has 0 radical (unpaired) electrons. The molecule has 5 heteroatoms. The maximum absolute atomic E-state index is 12.6. The maximum atomic E-state index is 12.6. The van der Waals surface area contributed by atoms with Gasteiger partial charge in [-0.2, -0.15) is 0 Å². The summed E-state index contributed by atoms with van der Waals surface area (Å²) in [7, 11) is 0. The molecule has 2 aromatic carbocycles. The summed E-state index contributed by atoms with van der Waals surface area (Å²) in [5.74, 6) is -0.328. The Bertz CT molecular complexity index is 1000. The number of hydrogen-bond acceptors (Lipinski definition) is 2. The molecule has 0 saturated heterocycles. The second-order valence-electron chi connectivity index (χ2n) is 8.23. The summed E-state index contributed by atoms with van der Waals surface area (Å²) in [5.41, 5.74) is 4.80. The Kier molecular flexibility index (Phi) is 5.59. The van der Waals surface area contributed by atoms with Crippen molar-refractivity contribution in [2.75, 3.05) is 5.32 Å². The van der Waals surface area contributed by atoms with E-state index >= 15 is 0 Å². The smallest absolute Gasteiger partial charge is 0.255 e. The van der Waals surface area contributed by atoms with Gasteiger partial charge >= 0.3 is 0 Å². The highest BCUT2D eigenvalue weighted by Crippen LogP contribution is 2.18. The third-order valence-electron chi connectivity index (χ3n) is 4.55. The van der Waals surface area contributed by atoms with E-state index < -0.39 is 0 Å². The number of aromatic nitrogens is 1. The zero-order valence-electron chi connectivity index (χ0n) is 17.5. The third-order valence-corrected chi connectivity index (χ3v) is 4.55. The number of amides is 2. The van der Waals surface area contributed by atoms with E-state index in [1.807, 2.05) is 45.0 Å². The first-order chi connectivity index (χ1) is 13.6. The molecule has 0 bridgehead atoms. The van der Waals surface area contributed by atoms with E-state index in [1.165, 1.54) is 0 Å². The molecule has 2 N–H and O–H groups in total. The van der Waals surface area contributed by atoms with Crippen molar-refractivity contribution in [1.29, 1.82) is 0 Å². The Morgan fingerprint density at radius 2 is 1.21 bits per heavy atom. The molecule has 0 spiro atoms. The average molecular weight is 389 g/mol. The highest BCUT2D eigenvalue weighted by Gasteiger charge is 2.15. The molecular weight excluding hydrogens is 362 g/mol. The molecule has 3 rings (SSSR count). The van der Waals surface area contributed by atoms with Crippen LogP contribution in [0.15, 0.2) is 60.7 Å². The minimum atomic E-state index is -0.298. The number of aryl methyl sites for hydroxylation is 2. The van der Waals surface area contributed by atoms with Crippen LogP contribution in [0.25, 0.3) is 5.69 Å². The van der Waals surface area contributed by atoms with Crippen molar-refractivity contribution in [3.63, 3.8) is 0 Å². The average Bonchev–Trinajstić information content (AvgIpc) is 2.99. The van der Waals surface area contributed by atoms with Crippen LogP contribution in [-0.4, -0.2) is 21.9 Å². The van der Waals surface area contributed by atoms with Crippen LogP contribution in [0.1, 0.15) is 52.9 Å². The van der Waals surface area contributed by atoms with Crippen molar-refractivity contribution in [3.05, 3.63) is 83.2 Å². The van der Waals surface area contributed by atoms with Crippen LogP contribution in [0.3, 0.4) is 0 Å². The topological polar surface area (TPSA) is 63.1 Å². The van der Waals surface area contributed by atoms with Gasteiger partial charge in [0.15, 0.2) is 0 Å². The zero-order valence-corrected chi connectivity index (χ0v) is 17.5. The summed E-state index contributed by atoms with van der Waals surface area (Å²) < 4.78 is 2.14. The highest BCUT2D eigenvalue weighted by molar-refractivity contribution is 6.04. The summed E-state index contributed by atoms with van der Waals surface area (Å²) in [6.45, 7) is 9.91. The van der Waals surface area contributed by atoms with Crippen molar-refractivity contribution in [3.8, 4) is 5.69 Å². The van der Waals surface area contributed by atoms with Crippen molar-refractivity contribution in [2.24, 2.45) is 0 Å². The fourth-order valence-electron chi connectivity index (χ4n) is 3.16. The summed E-state index contributed by atoms with van der Waals surface area (Å²) in [6.07, 6.45) is 0. The van der Waals surface area contributed by atoms with Crippen LogP contribution in [0, 0.1) is 13.8 Å². The van der Waals surface area contributed by atoms with Gasteiger partial charge in [-0.1, -0.05) is 0 Å². The van der Waals surface area contributed by atoms with Crippen molar-refractivity contribution >= 4 is 17.5 Å². The molecule has 0 unspecified atom stereocenters. The van der Waals surface area contributed by atoms with Gasteiger partial charge in [-0.15, -0.1) is 0 Å². The SMILES string of the molecule is Cc1ccc(C)n1-c1ccc(C(=O)Nc2ccc(C(=O)NC(C)(C)C)cc2)cc1. The maximum Gasteiger partial charge on any atom is 0.255 e. The van der Waals surface area contributed by atoms with E-state index in [2.05, 4.69) is 41.2 Å². The molecule has 0 fully saturated rings. The number of carbonyl (C=O) groups excluding carboxylic acids is 2. The highest BCUT2D eigenvalue weighted by atomic mass is 16.2. The lowest BCUT2D eigenvalue weighted by atomic mass is 10.1. The molecule has 150 valence electrons. The standard InChI is InChI=1S/C24H27N3O2/c1-16-6-7-17(2)27(16)21-14-10-18(11-15-21)22(28)25-20-12-8-19(9-13-20)23(29)26-24(3,4)5/h6-15H,1-5H3,(H,25,28)(H,26,29). The van der Waals surface area contributed by atoms with Crippen molar-refractivity contribution < 1.29 is 9.59 Å². The molecule has 0 aliphatic carbocycles. The van der Waals surface area contributed by atoms with Crippen LogP contribution < -0.4 is 10.6 Å². The van der Waals surface area contributed by atoms with Crippen molar-refractivity contribution in [2.45, 2.75) is 40.2 Å². The van der Waals surface area contributed by atoms with Gasteiger partial charge in [0.25, 0.3) is 11.8 Å².